The van der Waals surface area contributed by atoms with Gasteiger partial charge in [-0.15, -0.1) is 0 Å². The molecule has 6 heteroatoms. The minimum Gasteiger partial charge on any atom is -0.358 e. The normalized spacial score (nSPS) is 17.5. The summed E-state index contributed by atoms with van der Waals surface area (Å²) in [6, 6.07) is 5.96. The highest BCUT2D eigenvalue weighted by Gasteiger charge is 2.20. The fourth-order valence-electron chi connectivity index (χ4n) is 3.64. The first-order valence-corrected chi connectivity index (χ1v) is 9.81. The number of aryl methyl sites for hydroxylation is 1. The second-order valence-electron chi connectivity index (χ2n) is 7.37. The Morgan fingerprint density at radius 1 is 1.31 bits per heavy atom. The van der Waals surface area contributed by atoms with Crippen LogP contribution in [0, 0.1) is 6.92 Å². The van der Waals surface area contributed by atoms with Gasteiger partial charge < -0.3 is 15.2 Å². The first kappa shape index (κ1) is 19.2. The predicted molar refractivity (Wildman–Crippen MR) is 108 cm³/mol. The molecule has 0 aliphatic carbocycles. The molecule has 2 N–H and O–H groups in total. The lowest BCUT2D eigenvalue weighted by molar-refractivity contribution is -0.121. The Kier molecular flexibility index (Phi) is 6.22. The Hall–Kier alpha value is -1.56. The molecule has 0 radical (unpaired) electrons. The van der Waals surface area contributed by atoms with Crippen molar-refractivity contribution in [1.29, 1.82) is 0 Å². The van der Waals surface area contributed by atoms with Crippen molar-refractivity contribution in [2.24, 2.45) is 0 Å². The minimum absolute atomic E-state index is 0.0787. The molecule has 1 aliphatic rings. The third kappa shape index (κ3) is 4.58. The van der Waals surface area contributed by atoms with Gasteiger partial charge in [0.05, 0.1) is 6.42 Å². The van der Waals surface area contributed by atoms with Crippen molar-refractivity contribution in [2.75, 3.05) is 39.8 Å². The largest absolute Gasteiger partial charge is 0.358 e. The molecule has 2 heterocycles. The first-order valence-electron chi connectivity index (χ1n) is 9.43. The molecule has 0 bridgehead atoms. The van der Waals surface area contributed by atoms with Gasteiger partial charge in [0.25, 0.3) is 0 Å². The number of halogens is 1. The van der Waals surface area contributed by atoms with Crippen LogP contribution in [0.1, 0.15) is 24.6 Å². The molecule has 0 spiro atoms. The van der Waals surface area contributed by atoms with E-state index < -0.39 is 0 Å². The molecular weight excluding hydrogens is 348 g/mol. The van der Waals surface area contributed by atoms with Crippen LogP contribution in [0.5, 0.6) is 0 Å². The summed E-state index contributed by atoms with van der Waals surface area (Å²) < 4.78 is 0. The van der Waals surface area contributed by atoms with E-state index in [0.29, 0.717) is 11.4 Å². The summed E-state index contributed by atoms with van der Waals surface area (Å²) in [5.74, 6) is 0.0787. The van der Waals surface area contributed by atoms with Gasteiger partial charge in [0.15, 0.2) is 0 Å². The van der Waals surface area contributed by atoms with E-state index >= 15 is 0 Å². The number of carbonyl (C=O) groups is 1. The molecule has 3 rings (SSSR count). The summed E-state index contributed by atoms with van der Waals surface area (Å²) >= 11 is 6.14. The van der Waals surface area contributed by atoms with Gasteiger partial charge in [0, 0.05) is 60.4 Å². The molecule has 1 atom stereocenters. The van der Waals surface area contributed by atoms with Crippen molar-refractivity contribution in [3.05, 3.63) is 34.5 Å². The van der Waals surface area contributed by atoms with Gasteiger partial charge in [-0.1, -0.05) is 18.5 Å². The van der Waals surface area contributed by atoms with Crippen LogP contribution in [-0.4, -0.2) is 66.5 Å². The molecule has 1 saturated heterocycles. The lowest BCUT2D eigenvalue weighted by atomic mass is 10.1. The molecule has 1 amide bonds. The number of likely N-dealkylation sites (N-methyl/N-ethyl adjacent to an activating group) is 1. The van der Waals surface area contributed by atoms with Gasteiger partial charge >= 0.3 is 0 Å². The predicted octanol–water partition coefficient (Wildman–Crippen LogP) is 2.81. The standard InChI is InChI=1S/C20H29ClN4O/c1-4-16(13-25-9-7-24(3)8-10-25)23-20(26)12-17-14(2)22-19-6-5-15(21)11-18(17)19/h5-6,11,16,22H,4,7-10,12-13H2,1-3H3,(H,23,26)/t16-/m0/s1. The maximum atomic E-state index is 12.7. The molecule has 1 aromatic carbocycles. The number of aromatic amines is 1. The molecule has 2 aromatic rings. The highest BCUT2D eigenvalue weighted by molar-refractivity contribution is 6.31. The number of benzene rings is 1. The van der Waals surface area contributed by atoms with Crippen LogP contribution in [0.3, 0.4) is 0 Å². The van der Waals surface area contributed by atoms with Crippen molar-refractivity contribution in [1.82, 2.24) is 20.1 Å². The van der Waals surface area contributed by atoms with Crippen molar-refractivity contribution in [3.8, 4) is 0 Å². The van der Waals surface area contributed by atoms with Gasteiger partial charge in [-0.2, -0.15) is 0 Å². The average molecular weight is 377 g/mol. The molecule has 1 aliphatic heterocycles. The Bertz CT molecular complexity index is 765. The maximum absolute atomic E-state index is 12.7. The van der Waals surface area contributed by atoms with E-state index in [-0.39, 0.29) is 11.9 Å². The third-order valence-corrected chi connectivity index (χ3v) is 5.59. The lowest BCUT2D eigenvalue weighted by Gasteiger charge is -2.34. The number of aromatic nitrogens is 1. The van der Waals surface area contributed by atoms with Crippen LogP contribution in [0.2, 0.25) is 5.02 Å². The molecule has 1 fully saturated rings. The fraction of sp³-hybridized carbons (Fsp3) is 0.550. The number of hydrogen-bond donors (Lipinski definition) is 2. The van der Waals surface area contributed by atoms with E-state index in [9.17, 15) is 4.79 Å². The van der Waals surface area contributed by atoms with Crippen LogP contribution in [-0.2, 0) is 11.2 Å². The van der Waals surface area contributed by atoms with Gasteiger partial charge in [-0.25, -0.2) is 0 Å². The number of hydrogen-bond acceptors (Lipinski definition) is 3. The van der Waals surface area contributed by atoms with Crippen LogP contribution < -0.4 is 5.32 Å². The molecular formula is C20H29ClN4O. The summed E-state index contributed by atoms with van der Waals surface area (Å²) in [7, 11) is 2.16. The number of nitrogens with zero attached hydrogens (tertiary/aromatic N) is 2. The van der Waals surface area contributed by atoms with E-state index in [4.69, 9.17) is 11.6 Å². The Morgan fingerprint density at radius 3 is 2.73 bits per heavy atom. The van der Waals surface area contributed by atoms with Crippen LogP contribution in [0.25, 0.3) is 10.9 Å². The van der Waals surface area contributed by atoms with Gasteiger partial charge in [-0.3, -0.25) is 9.69 Å². The minimum atomic E-state index is 0.0787. The number of fused-ring (bicyclic) bond motifs is 1. The van der Waals surface area contributed by atoms with Crippen LogP contribution in [0.4, 0.5) is 0 Å². The van der Waals surface area contributed by atoms with Gasteiger partial charge in [-0.05, 0) is 44.2 Å². The zero-order valence-electron chi connectivity index (χ0n) is 15.9. The second-order valence-corrected chi connectivity index (χ2v) is 7.81. The smallest absolute Gasteiger partial charge is 0.224 e. The Morgan fingerprint density at radius 2 is 2.04 bits per heavy atom. The van der Waals surface area contributed by atoms with E-state index in [1.54, 1.807) is 0 Å². The van der Waals surface area contributed by atoms with Crippen LogP contribution in [0.15, 0.2) is 18.2 Å². The number of nitrogens with one attached hydrogen (secondary N) is 2. The number of H-pyrrole nitrogens is 1. The van der Waals surface area contributed by atoms with E-state index in [1.807, 2.05) is 25.1 Å². The molecule has 0 unspecified atom stereocenters. The van der Waals surface area contributed by atoms with E-state index in [2.05, 4.69) is 34.1 Å². The quantitative estimate of drug-likeness (QED) is 0.815. The Balaban J connectivity index is 1.62. The summed E-state index contributed by atoms with van der Waals surface area (Å²) in [4.78, 5) is 20.8. The molecule has 0 saturated carbocycles. The number of carbonyl (C=O) groups excluding carboxylic acids is 1. The average Bonchev–Trinajstić information content (AvgIpc) is 2.91. The van der Waals surface area contributed by atoms with Crippen molar-refractivity contribution >= 4 is 28.4 Å². The monoisotopic (exact) mass is 376 g/mol. The molecule has 26 heavy (non-hydrogen) atoms. The maximum Gasteiger partial charge on any atom is 0.224 e. The fourth-order valence-corrected chi connectivity index (χ4v) is 3.81. The van der Waals surface area contributed by atoms with E-state index in [1.165, 1.54) is 0 Å². The summed E-state index contributed by atoms with van der Waals surface area (Å²) in [5.41, 5.74) is 3.10. The SMILES string of the molecule is CC[C@@H](CN1CCN(C)CC1)NC(=O)Cc1c(C)[nH]c2ccc(Cl)cc12. The number of piperazine rings is 1. The van der Waals surface area contributed by atoms with Crippen molar-refractivity contribution in [2.45, 2.75) is 32.7 Å². The molecule has 142 valence electrons. The second kappa shape index (κ2) is 8.42. The summed E-state index contributed by atoms with van der Waals surface area (Å²) in [5, 5.41) is 4.96. The number of amides is 1. The Labute approximate surface area is 160 Å². The number of rotatable bonds is 6. The zero-order valence-corrected chi connectivity index (χ0v) is 16.7. The molecule has 1 aromatic heterocycles. The third-order valence-electron chi connectivity index (χ3n) is 5.35. The van der Waals surface area contributed by atoms with Crippen LogP contribution >= 0.6 is 11.6 Å². The highest BCUT2D eigenvalue weighted by Crippen LogP contribution is 2.25. The first-order chi connectivity index (χ1) is 12.5. The van der Waals surface area contributed by atoms with Crippen molar-refractivity contribution < 1.29 is 4.79 Å². The molecule has 5 nitrogen and oxygen atoms in total. The van der Waals surface area contributed by atoms with Gasteiger partial charge in [0.1, 0.15) is 0 Å². The van der Waals surface area contributed by atoms with Crippen molar-refractivity contribution in [3.63, 3.8) is 0 Å². The van der Waals surface area contributed by atoms with Gasteiger partial charge in [0.2, 0.25) is 5.91 Å². The highest BCUT2D eigenvalue weighted by atomic mass is 35.5. The van der Waals surface area contributed by atoms with E-state index in [0.717, 1.165) is 61.3 Å². The lowest BCUT2D eigenvalue weighted by Crippen LogP contribution is -2.50. The summed E-state index contributed by atoms with van der Waals surface area (Å²) in [6.45, 7) is 9.41. The zero-order chi connectivity index (χ0) is 18.7. The summed E-state index contributed by atoms with van der Waals surface area (Å²) in [6.07, 6.45) is 1.32. The topological polar surface area (TPSA) is 51.4 Å².